The van der Waals surface area contributed by atoms with Gasteiger partial charge in [-0.1, -0.05) is 19.1 Å². The summed E-state index contributed by atoms with van der Waals surface area (Å²) < 4.78 is 25.4. The molecule has 0 heterocycles. The number of rotatable bonds is 5. The molecule has 118 valence electrons. The van der Waals surface area contributed by atoms with Gasteiger partial charge in [-0.25, -0.2) is 13.8 Å². The van der Waals surface area contributed by atoms with E-state index in [-0.39, 0.29) is 12.3 Å². The first-order valence-corrected chi connectivity index (χ1v) is 8.69. The molecule has 1 rings (SSSR count). The van der Waals surface area contributed by atoms with Gasteiger partial charge < -0.3 is 10.1 Å². The number of alkyl carbamates (subject to hydrolysis) is 1. The molecule has 1 aromatic carbocycles. The van der Waals surface area contributed by atoms with E-state index in [9.17, 15) is 9.00 Å². The molecule has 1 atom stereocenters. The monoisotopic (exact) mass is 312 g/mol. The minimum Gasteiger partial charge on any atom is -0.444 e. The number of carbonyl (C=O) groups is 1. The highest BCUT2D eigenvalue weighted by molar-refractivity contribution is 7.92. The van der Waals surface area contributed by atoms with Crippen LogP contribution in [0.2, 0.25) is 0 Å². The first-order chi connectivity index (χ1) is 9.64. The lowest BCUT2D eigenvalue weighted by molar-refractivity contribution is 0.0531. The van der Waals surface area contributed by atoms with Gasteiger partial charge in [-0.3, -0.25) is 0 Å². The van der Waals surface area contributed by atoms with Gasteiger partial charge in [0.2, 0.25) is 0 Å². The van der Waals surface area contributed by atoms with E-state index in [4.69, 9.17) is 9.52 Å². The standard InChI is InChI=1S/C15H24N2O3S/c1-5-12-6-8-13(9-7-12)21(16,19)11-10-17-14(18)20-15(2,3)4/h6-9,16H,5,10-11H2,1-4H3,(H,17,18). The third kappa shape index (κ3) is 6.16. The Hall–Kier alpha value is -1.56. The van der Waals surface area contributed by atoms with Gasteiger partial charge in [-0.2, -0.15) is 0 Å². The van der Waals surface area contributed by atoms with Crippen molar-refractivity contribution in [2.24, 2.45) is 0 Å². The predicted molar refractivity (Wildman–Crippen MR) is 84.1 cm³/mol. The van der Waals surface area contributed by atoms with Gasteiger partial charge in [0, 0.05) is 11.4 Å². The van der Waals surface area contributed by atoms with Crippen LogP contribution >= 0.6 is 0 Å². The molecule has 0 aliphatic heterocycles. The molecular weight excluding hydrogens is 288 g/mol. The molecule has 21 heavy (non-hydrogen) atoms. The van der Waals surface area contributed by atoms with Crippen molar-refractivity contribution in [2.45, 2.75) is 44.6 Å². The predicted octanol–water partition coefficient (Wildman–Crippen LogP) is 3.18. The summed E-state index contributed by atoms with van der Waals surface area (Å²) in [6, 6.07) is 7.21. The van der Waals surface area contributed by atoms with Crippen molar-refractivity contribution in [1.29, 1.82) is 4.78 Å². The highest BCUT2D eigenvalue weighted by Crippen LogP contribution is 2.13. The fourth-order valence-corrected chi connectivity index (χ4v) is 2.87. The Morgan fingerprint density at radius 3 is 2.33 bits per heavy atom. The van der Waals surface area contributed by atoms with Crippen LogP contribution in [0.15, 0.2) is 29.2 Å². The topological polar surface area (TPSA) is 79.3 Å². The number of benzene rings is 1. The van der Waals surface area contributed by atoms with Crippen molar-refractivity contribution in [3.05, 3.63) is 29.8 Å². The Balaban J connectivity index is 2.55. The SMILES string of the molecule is CCc1ccc(S(=N)(=O)CCNC(=O)OC(C)(C)C)cc1. The van der Waals surface area contributed by atoms with Crippen molar-refractivity contribution in [2.75, 3.05) is 12.3 Å². The van der Waals surface area contributed by atoms with E-state index in [1.54, 1.807) is 32.9 Å². The Morgan fingerprint density at radius 2 is 1.86 bits per heavy atom. The summed E-state index contributed by atoms with van der Waals surface area (Å²) in [5.74, 6) is 0.0672. The summed E-state index contributed by atoms with van der Waals surface area (Å²) in [6.45, 7) is 7.50. The van der Waals surface area contributed by atoms with Crippen molar-refractivity contribution in [3.63, 3.8) is 0 Å². The van der Waals surface area contributed by atoms with Gasteiger partial charge in [-0.15, -0.1) is 0 Å². The van der Waals surface area contributed by atoms with Crippen LogP contribution in [0.1, 0.15) is 33.3 Å². The molecule has 6 heteroatoms. The molecule has 1 aromatic rings. The minimum absolute atomic E-state index is 0.0672. The third-order valence-electron chi connectivity index (χ3n) is 2.77. The maximum atomic E-state index is 12.3. The number of aryl methyl sites for hydroxylation is 1. The highest BCUT2D eigenvalue weighted by atomic mass is 32.2. The molecule has 1 unspecified atom stereocenters. The van der Waals surface area contributed by atoms with Crippen LogP contribution in [0.25, 0.3) is 0 Å². The first kappa shape index (κ1) is 17.5. The van der Waals surface area contributed by atoms with E-state index in [0.29, 0.717) is 4.90 Å². The van der Waals surface area contributed by atoms with Crippen LogP contribution in [0.4, 0.5) is 4.79 Å². The fraction of sp³-hybridized carbons (Fsp3) is 0.533. The van der Waals surface area contributed by atoms with E-state index in [2.05, 4.69) is 5.32 Å². The Kier molecular flexibility index (Phi) is 5.78. The average molecular weight is 312 g/mol. The van der Waals surface area contributed by atoms with Gasteiger partial charge in [0.05, 0.1) is 15.5 Å². The molecule has 0 aliphatic carbocycles. The van der Waals surface area contributed by atoms with Crippen LogP contribution in [-0.2, 0) is 20.9 Å². The molecule has 0 aliphatic rings. The molecule has 0 spiro atoms. The van der Waals surface area contributed by atoms with Crippen molar-refractivity contribution >= 4 is 15.8 Å². The van der Waals surface area contributed by atoms with Crippen LogP contribution in [-0.4, -0.2) is 28.2 Å². The molecule has 0 fully saturated rings. The lowest BCUT2D eigenvalue weighted by Gasteiger charge is -2.19. The number of amides is 1. The van der Waals surface area contributed by atoms with Crippen molar-refractivity contribution < 1.29 is 13.7 Å². The molecule has 1 amide bonds. The lowest BCUT2D eigenvalue weighted by Crippen LogP contribution is -2.34. The smallest absolute Gasteiger partial charge is 0.407 e. The van der Waals surface area contributed by atoms with Gasteiger partial charge in [-0.05, 0) is 44.9 Å². The van der Waals surface area contributed by atoms with E-state index in [0.717, 1.165) is 12.0 Å². The summed E-state index contributed by atoms with van der Waals surface area (Å²) in [6.07, 6.45) is 0.346. The van der Waals surface area contributed by atoms with E-state index in [1.165, 1.54) is 0 Å². The maximum Gasteiger partial charge on any atom is 0.407 e. The van der Waals surface area contributed by atoms with Crippen LogP contribution in [0.3, 0.4) is 0 Å². The van der Waals surface area contributed by atoms with Gasteiger partial charge in [0.1, 0.15) is 5.60 Å². The summed E-state index contributed by atoms with van der Waals surface area (Å²) in [4.78, 5) is 12.0. The van der Waals surface area contributed by atoms with Gasteiger partial charge in [0.25, 0.3) is 0 Å². The first-order valence-electron chi connectivity index (χ1n) is 6.96. The van der Waals surface area contributed by atoms with Crippen LogP contribution in [0, 0.1) is 4.78 Å². The number of hydrogen-bond donors (Lipinski definition) is 2. The largest absolute Gasteiger partial charge is 0.444 e. The molecule has 0 bridgehead atoms. The summed E-state index contributed by atoms with van der Waals surface area (Å²) in [5.41, 5.74) is 0.573. The minimum atomic E-state index is -2.89. The zero-order valence-electron chi connectivity index (χ0n) is 13.1. The summed E-state index contributed by atoms with van der Waals surface area (Å²) >= 11 is 0. The van der Waals surface area contributed by atoms with E-state index >= 15 is 0 Å². The molecule has 2 N–H and O–H groups in total. The normalized spacial score (nSPS) is 14.3. The number of nitrogens with one attached hydrogen (secondary N) is 2. The fourth-order valence-electron chi connectivity index (χ4n) is 1.67. The molecule has 0 saturated carbocycles. The zero-order chi connectivity index (χ0) is 16.1. The van der Waals surface area contributed by atoms with Crippen LogP contribution < -0.4 is 5.32 Å². The molecule has 0 aromatic heterocycles. The van der Waals surface area contributed by atoms with Crippen molar-refractivity contribution in [1.82, 2.24) is 5.32 Å². The van der Waals surface area contributed by atoms with Crippen LogP contribution in [0.5, 0.6) is 0 Å². The second-order valence-electron chi connectivity index (χ2n) is 5.81. The quantitative estimate of drug-likeness (QED) is 0.876. The third-order valence-corrected chi connectivity index (χ3v) is 4.58. The molecular formula is C15H24N2O3S. The maximum absolute atomic E-state index is 12.3. The Morgan fingerprint density at radius 1 is 1.29 bits per heavy atom. The molecule has 0 radical (unpaired) electrons. The summed E-state index contributed by atoms with van der Waals surface area (Å²) in [7, 11) is -2.89. The Labute approximate surface area is 127 Å². The summed E-state index contributed by atoms with van der Waals surface area (Å²) in [5, 5.41) is 2.53. The molecule has 5 nitrogen and oxygen atoms in total. The van der Waals surface area contributed by atoms with Gasteiger partial charge in [0.15, 0.2) is 0 Å². The number of ether oxygens (including phenoxy) is 1. The second-order valence-corrected chi connectivity index (χ2v) is 8.04. The number of hydrogen-bond acceptors (Lipinski definition) is 4. The number of carbonyl (C=O) groups excluding carboxylic acids is 1. The van der Waals surface area contributed by atoms with E-state index in [1.807, 2.05) is 19.1 Å². The second kappa shape index (κ2) is 6.93. The van der Waals surface area contributed by atoms with Gasteiger partial charge >= 0.3 is 6.09 Å². The zero-order valence-corrected chi connectivity index (χ0v) is 13.9. The van der Waals surface area contributed by atoms with Crippen molar-refractivity contribution in [3.8, 4) is 0 Å². The Bertz CT molecular complexity index is 572. The van der Waals surface area contributed by atoms with E-state index < -0.39 is 21.4 Å². The lowest BCUT2D eigenvalue weighted by atomic mass is 10.2. The highest BCUT2D eigenvalue weighted by Gasteiger charge is 2.16. The average Bonchev–Trinajstić information content (AvgIpc) is 2.36. The molecule has 0 saturated heterocycles.